The summed E-state index contributed by atoms with van der Waals surface area (Å²) in [4.78, 5) is 13.1. The summed E-state index contributed by atoms with van der Waals surface area (Å²) < 4.78 is 0. The monoisotopic (exact) mass is 342 g/mol. The van der Waals surface area contributed by atoms with E-state index in [1.165, 1.54) is 23.3 Å². The predicted octanol–water partition coefficient (Wildman–Crippen LogP) is 3.40. The van der Waals surface area contributed by atoms with E-state index in [1.54, 1.807) is 11.8 Å². The van der Waals surface area contributed by atoms with Gasteiger partial charge in [-0.1, -0.05) is 17.7 Å². The normalized spacial score (nSPS) is 15.1. The number of nitrogens with one attached hydrogen (secondary N) is 2. The number of hydrogen-bond donors (Lipinski definition) is 2. The lowest BCUT2D eigenvalue weighted by molar-refractivity contribution is -0.121. The van der Waals surface area contributed by atoms with Gasteiger partial charge in [0.25, 0.3) is 0 Å². The van der Waals surface area contributed by atoms with Crippen LogP contribution in [-0.4, -0.2) is 31.3 Å². The molecule has 0 aromatic heterocycles. The molecule has 2 rings (SSSR count). The summed E-state index contributed by atoms with van der Waals surface area (Å²) >= 11 is 1.79. The number of benzene rings is 1. The number of thioether (sulfide) groups is 1. The van der Waals surface area contributed by atoms with Crippen LogP contribution >= 0.6 is 24.2 Å². The topological polar surface area (TPSA) is 41.1 Å². The molecular weight excluding hydrogens is 316 g/mol. The molecule has 0 bridgehead atoms. The Bertz CT molecular complexity index is 433. The van der Waals surface area contributed by atoms with Crippen molar-refractivity contribution in [2.75, 3.05) is 25.4 Å². The molecule has 0 saturated carbocycles. The van der Waals surface area contributed by atoms with E-state index in [2.05, 4.69) is 41.8 Å². The molecule has 1 saturated heterocycles. The van der Waals surface area contributed by atoms with Crippen LogP contribution in [0, 0.1) is 12.8 Å². The highest BCUT2D eigenvalue weighted by atomic mass is 35.5. The van der Waals surface area contributed by atoms with Gasteiger partial charge in [0, 0.05) is 23.6 Å². The maximum Gasteiger partial charge on any atom is 0.220 e. The second-order valence-corrected chi connectivity index (χ2v) is 6.91. The summed E-state index contributed by atoms with van der Waals surface area (Å²) in [5.74, 6) is 1.87. The molecular formula is C17H27ClN2OS. The van der Waals surface area contributed by atoms with E-state index in [4.69, 9.17) is 0 Å². The number of piperidine rings is 1. The quantitative estimate of drug-likeness (QED) is 0.589. The van der Waals surface area contributed by atoms with Gasteiger partial charge in [-0.3, -0.25) is 4.79 Å². The Morgan fingerprint density at radius 3 is 2.64 bits per heavy atom. The maximum atomic E-state index is 11.8. The van der Waals surface area contributed by atoms with E-state index in [1.807, 2.05) is 0 Å². The Kier molecular flexibility index (Phi) is 9.60. The van der Waals surface area contributed by atoms with Crippen LogP contribution in [0.5, 0.6) is 0 Å². The molecule has 0 aliphatic carbocycles. The Hall–Kier alpha value is -0.710. The molecule has 124 valence electrons. The second-order valence-electron chi connectivity index (χ2n) is 5.74. The zero-order chi connectivity index (χ0) is 14.9. The minimum Gasteiger partial charge on any atom is -0.355 e. The number of carbonyl (C=O) groups is 1. The van der Waals surface area contributed by atoms with Gasteiger partial charge in [0.2, 0.25) is 5.91 Å². The third-order valence-electron chi connectivity index (χ3n) is 3.95. The fourth-order valence-electron chi connectivity index (χ4n) is 2.59. The molecule has 1 heterocycles. The van der Waals surface area contributed by atoms with Crippen LogP contribution in [0.4, 0.5) is 0 Å². The minimum absolute atomic E-state index is 0. The van der Waals surface area contributed by atoms with Crippen molar-refractivity contribution >= 4 is 30.1 Å². The SMILES string of the molecule is Cc1ccc(SCCNC(=O)CCC2CCNCC2)cc1.Cl. The molecule has 0 spiro atoms. The highest BCUT2D eigenvalue weighted by Gasteiger charge is 2.14. The van der Waals surface area contributed by atoms with Gasteiger partial charge < -0.3 is 10.6 Å². The van der Waals surface area contributed by atoms with Crippen LogP contribution in [0.2, 0.25) is 0 Å². The smallest absolute Gasteiger partial charge is 0.220 e. The number of rotatable bonds is 7. The first-order chi connectivity index (χ1) is 10.2. The Labute approximate surface area is 144 Å². The zero-order valence-corrected chi connectivity index (χ0v) is 14.9. The summed E-state index contributed by atoms with van der Waals surface area (Å²) in [6.07, 6.45) is 4.16. The van der Waals surface area contributed by atoms with Crippen LogP contribution in [0.25, 0.3) is 0 Å². The highest BCUT2D eigenvalue weighted by Crippen LogP contribution is 2.18. The van der Waals surface area contributed by atoms with E-state index in [0.29, 0.717) is 6.42 Å². The van der Waals surface area contributed by atoms with Crippen LogP contribution in [-0.2, 0) is 4.79 Å². The zero-order valence-electron chi connectivity index (χ0n) is 13.3. The van der Waals surface area contributed by atoms with E-state index < -0.39 is 0 Å². The molecule has 0 radical (unpaired) electrons. The van der Waals surface area contributed by atoms with E-state index in [0.717, 1.165) is 37.7 Å². The Morgan fingerprint density at radius 1 is 1.27 bits per heavy atom. The first-order valence-corrected chi connectivity index (χ1v) is 8.89. The Morgan fingerprint density at radius 2 is 1.95 bits per heavy atom. The molecule has 22 heavy (non-hydrogen) atoms. The fraction of sp³-hybridized carbons (Fsp3) is 0.588. The average molecular weight is 343 g/mol. The van der Waals surface area contributed by atoms with E-state index >= 15 is 0 Å². The van der Waals surface area contributed by atoms with Gasteiger partial charge in [-0.2, -0.15) is 0 Å². The predicted molar refractivity (Wildman–Crippen MR) is 97.0 cm³/mol. The largest absolute Gasteiger partial charge is 0.355 e. The molecule has 0 unspecified atom stereocenters. The molecule has 1 amide bonds. The van der Waals surface area contributed by atoms with Crippen molar-refractivity contribution in [3.05, 3.63) is 29.8 Å². The van der Waals surface area contributed by atoms with Crippen LogP contribution < -0.4 is 10.6 Å². The summed E-state index contributed by atoms with van der Waals surface area (Å²) in [5.41, 5.74) is 1.28. The third kappa shape index (κ3) is 7.52. The third-order valence-corrected chi connectivity index (χ3v) is 4.97. The van der Waals surface area contributed by atoms with Crippen LogP contribution in [0.3, 0.4) is 0 Å². The molecule has 1 aliphatic heterocycles. The lowest BCUT2D eigenvalue weighted by Crippen LogP contribution is -2.30. The van der Waals surface area contributed by atoms with Crippen molar-refractivity contribution in [1.82, 2.24) is 10.6 Å². The van der Waals surface area contributed by atoms with Crippen molar-refractivity contribution in [2.45, 2.75) is 37.5 Å². The van der Waals surface area contributed by atoms with E-state index in [9.17, 15) is 4.79 Å². The van der Waals surface area contributed by atoms with Crippen molar-refractivity contribution in [1.29, 1.82) is 0 Å². The molecule has 5 heteroatoms. The number of aryl methyl sites for hydroxylation is 1. The molecule has 1 aliphatic rings. The first kappa shape index (κ1) is 19.3. The van der Waals surface area contributed by atoms with Gasteiger partial charge in [0.05, 0.1) is 0 Å². The molecule has 1 aromatic carbocycles. The van der Waals surface area contributed by atoms with Gasteiger partial charge in [0.15, 0.2) is 0 Å². The summed E-state index contributed by atoms with van der Waals surface area (Å²) in [7, 11) is 0. The van der Waals surface area contributed by atoms with Crippen LogP contribution in [0.1, 0.15) is 31.2 Å². The molecule has 0 atom stereocenters. The van der Waals surface area contributed by atoms with Gasteiger partial charge in [-0.15, -0.1) is 24.2 Å². The van der Waals surface area contributed by atoms with Crippen molar-refractivity contribution in [2.24, 2.45) is 5.92 Å². The summed E-state index contributed by atoms with van der Waals surface area (Å²) in [5, 5.41) is 6.39. The molecule has 1 aromatic rings. The Balaban J connectivity index is 0.00000242. The number of halogens is 1. The lowest BCUT2D eigenvalue weighted by atomic mass is 9.93. The number of amides is 1. The summed E-state index contributed by atoms with van der Waals surface area (Å²) in [6, 6.07) is 8.53. The van der Waals surface area contributed by atoms with Crippen molar-refractivity contribution < 1.29 is 4.79 Å². The number of hydrogen-bond acceptors (Lipinski definition) is 3. The molecule has 2 N–H and O–H groups in total. The van der Waals surface area contributed by atoms with Gasteiger partial charge >= 0.3 is 0 Å². The van der Waals surface area contributed by atoms with Gasteiger partial charge in [0.1, 0.15) is 0 Å². The highest BCUT2D eigenvalue weighted by molar-refractivity contribution is 7.99. The van der Waals surface area contributed by atoms with Gasteiger partial charge in [-0.05, 0) is 57.3 Å². The standard InChI is InChI=1S/C17H26N2OS.ClH/c1-14-2-5-16(6-3-14)21-13-12-19-17(20)7-4-15-8-10-18-11-9-15;/h2-3,5-6,15,18H,4,7-13H2,1H3,(H,19,20);1H. The molecule has 3 nitrogen and oxygen atoms in total. The summed E-state index contributed by atoms with van der Waals surface area (Å²) in [6.45, 7) is 5.07. The van der Waals surface area contributed by atoms with Crippen molar-refractivity contribution in [3.63, 3.8) is 0 Å². The van der Waals surface area contributed by atoms with Gasteiger partial charge in [-0.25, -0.2) is 0 Å². The fourth-order valence-corrected chi connectivity index (χ4v) is 3.36. The average Bonchev–Trinajstić information content (AvgIpc) is 2.52. The molecule has 1 fully saturated rings. The minimum atomic E-state index is 0. The van der Waals surface area contributed by atoms with Crippen molar-refractivity contribution in [3.8, 4) is 0 Å². The van der Waals surface area contributed by atoms with E-state index in [-0.39, 0.29) is 18.3 Å². The second kappa shape index (κ2) is 10.9. The first-order valence-electron chi connectivity index (χ1n) is 7.91. The van der Waals surface area contributed by atoms with Crippen LogP contribution in [0.15, 0.2) is 29.2 Å². The lowest BCUT2D eigenvalue weighted by Gasteiger charge is -2.22. The number of carbonyl (C=O) groups excluding carboxylic acids is 1. The maximum absolute atomic E-state index is 11.8.